The summed E-state index contributed by atoms with van der Waals surface area (Å²) in [6.07, 6.45) is 4.24. The van der Waals surface area contributed by atoms with Crippen molar-refractivity contribution < 1.29 is 9.59 Å². The van der Waals surface area contributed by atoms with Crippen LogP contribution >= 0.6 is 11.6 Å². The number of rotatable bonds is 4. The number of imidazole rings is 1. The van der Waals surface area contributed by atoms with Gasteiger partial charge in [-0.15, -0.1) is 0 Å². The van der Waals surface area contributed by atoms with Crippen LogP contribution < -0.4 is 10.6 Å². The standard InChI is InChI=1S/C22H23ClN4O2/c1-14(28)27-22(11-5-2-6-12-22)21(29)24-15-9-10-18-19(13-15)26-20(25-18)16-7-3-4-8-17(16)23/h3-4,7-10,13H,2,5-6,11-12H2,1H3,(H,24,29)(H,25,26)(H,27,28). The number of anilines is 1. The van der Waals surface area contributed by atoms with Crippen LogP contribution in [-0.4, -0.2) is 27.3 Å². The van der Waals surface area contributed by atoms with E-state index in [4.69, 9.17) is 11.6 Å². The van der Waals surface area contributed by atoms with Gasteiger partial charge < -0.3 is 15.6 Å². The number of benzene rings is 2. The van der Waals surface area contributed by atoms with Gasteiger partial charge in [0.2, 0.25) is 11.8 Å². The first-order chi connectivity index (χ1) is 14.0. The van der Waals surface area contributed by atoms with Gasteiger partial charge >= 0.3 is 0 Å². The van der Waals surface area contributed by atoms with E-state index in [1.54, 1.807) is 0 Å². The highest BCUT2D eigenvalue weighted by molar-refractivity contribution is 6.33. The average molecular weight is 411 g/mol. The Morgan fingerprint density at radius 2 is 1.86 bits per heavy atom. The third-order valence-electron chi connectivity index (χ3n) is 5.43. The summed E-state index contributed by atoms with van der Waals surface area (Å²) in [4.78, 5) is 32.6. The maximum atomic E-state index is 13.1. The zero-order valence-electron chi connectivity index (χ0n) is 16.2. The minimum atomic E-state index is -0.838. The molecule has 0 spiro atoms. The van der Waals surface area contributed by atoms with Gasteiger partial charge in [-0.05, 0) is 43.2 Å². The van der Waals surface area contributed by atoms with E-state index in [1.807, 2.05) is 42.5 Å². The van der Waals surface area contributed by atoms with Crippen LogP contribution in [0.3, 0.4) is 0 Å². The first-order valence-corrected chi connectivity index (χ1v) is 10.2. The molecule has 0 saturated heterocycles. The van der Waals surface area contributed by atoms with Gasteiger partial charge in [0.25, 0.3) is 0 Å². The average Bonchev–Trinajstić information content (AvgIpc) is 3.11. The molecule has 2 amide bonds. The van der Waals surface area contributed by atoms with Gasteiger partial charge in [-0.2, -0.15) is 0 Å². The molecule has 7 heteroatoms. The van der Waals surface area contributed by atoms with Crippen molar-refractivity contribution in [3.05, 3.63) is 47.5 Å². The summed E-state index contributed by atoms with van der Waals surface area (Å²) in [5, 5.41) is 6.50. The summed E-state index contributed by atoms with van der Waals surface area (Å²) in [5.74, 6) is 0.323. The van der Waals surface area contributed by atoms with E-state index in [1.165, 1.54) is 6.92 Å². The Balaban J connectivity index is 1.60. The molecule has 0 radical (unpaired) electrons. The fourth-order valence-corrected chi connectivity index (χ4v) is 4.25. The number of carbonyl (C=O) groups excluding carboxylic acids is 2. The first-order valence-electron chi connectivity index (χ1n) is 9.82. The molecule has 150 valence electrons. The summed E-state index contributed by atoms with van der Waals surface area (Å²) in [5.41, 5.74) is 2.23. The Labute approximate surface area is 174 Å². The van der Waals surface area contributed by atoms with Crippen LogP contribution in [0.1, 0.15) is 39.0 Å². The van der Waals surface area contributed by atoms with Crippen molar-refractivity contribution in [1.82, 2.24) is 15.3 Å². The Morgan fingerprint density at radius 1 is 1.10 bits per heavy atom. The van der Waals surface area contributed by atoms with Crippen molar-refractivity contribution in [2.75, 3.05) is 5.32 Å². The fraction of sp³-hybridized carbons (Fsp3) is 0.318. The molecule has 1 saturated carbocycles. The molecule has 0 atom stereocenters. The van der Waals surface area contributed by atoms with Crippen LogP contribution in [0.5, 0.6) is 0 Å². The lowest BCUT2D eigenvalue weighted by molar-refractivity contribution is -0.130. The van der Waals surface area contributed by atoms with E-state index < -0.39 is 5.54 Å². The summed E-state index contributed by atoms with van der Waals surface area (Å²) in [6, 6.07) is 13.0. The normalized spacial score (nSPS) is 15.8. The number of halogens is 1. The SMILES string of the molecule is CC(=O)NC1(C(=O)Nc2ccc3nc(-c4ccccc4Cl)[nH]c3c2)CCCCC1. The lowest BCUT2D eigenvalue weighted by Crippen LogP contribution is -2.57. The molecule has 4 rings (SSSR count). The summed E-state index contributed by atoms with van der Waals surface area (Å²) in [7, 11) is 0. The molecule has 2 aromatic carbocycles. The molecule has 0 bridgehead atoms. The Morgan fingerprint density at radius 3 is 2.59 bits per heavy atom. The smallest absolute Gasteiger partial charge is 0.250 e. The largest absolute Gasteiger partial charge is 0.342 e. The Hall–Kier alpha value is -2.86. The van der Waals surface area contributed by atoms with Crippen LogP contribution in [-0.2, 0) is 9.59 Å². The van der Waals surface area contributed by atoms with E-state index in [0.717, 1.165) is 35.9 Å². The molecule has 6 nitrogen and oxygen atoms in total. The van der Waals surface area contributed by atoms with Gasteiger partial charge in [0.05, 0.1) is 16.1 Å². The van der Waals surface area contributed by atoms with E-state index in [9.17, 15) is 9.59 Å². The van der Waals surface area contributed by atoms with E-state index in [-0.39, 0.29) is 11.8 Å². The second-order valence-corrected chi connectivity index (χ2v) is 7.98. The second-order valence-electron chi connectivity index (χ2n) is 7.58. The fourth-order valence-electron chi connectivity index (χ4n) is 4.02. The number of hydrogen-bond donors (Lipinski definition) is 3. The molecule has 1 aliphatic rings. The first kappa shape index (κ1) is 19.5. The van der Waals surface area contributed by atoms with Crippen molar-refractivity contribution in [3.8, 4) is 11.4 Å². The quantitative estimate of drug-likeness (QED) is 0.584. The minimum absolute atomic E-state index is 0.169. The van der Waals surface area contributed by atoms with E-state index >= 15 is 0 Å². The van der Waals surface area contributed by atoms with Crippen LogP contribution in [0.2, 0.25) is 5.02 Å². The molecule has 1 heterocycles. The minimum Gasteiger partial charge on any atom is -0.342 e. The second kappa shape index (κ2) is 7.87. The molecule has 1 aromatic heterocycles. The molecule has 3 aromatic rings. The molecule has 0 unspecified atom stereocenters. The zero-order valence-corrected chi connectivity index (χ0v) is 17.0. The molecule has 29 heavy (non-hydrogen) atoms. The number of hydrogen-bond acceptors (Lipinski definition) is 3. The molecular weight excluding hydrogens is 388 g/mol. The van der Waals surface area contributed by atoms with Gasteiger partial charge in [0.1, 0.15) is 11.4 Å². The molecule has 0 aliphatic heterocycles. The van der Waals surface area contributed by atoms with Gasteiger partial charge in [-0.3, -0.25) is 9.59 Å². The number of aromatic amines is 1. The van der Waals surface area contributed by atoms with Crippen LogP contribution in [0.4, 0.5) is 5.69 Å². The number of fused-ring (bicyclic) bond motifs is 1. The third-order valence-corrected chi connectivity index (χ3v) is 5.76. The number of nitrogens with zero attached hydrogens (tertiary/aromatic N) is 1. The highest BCUT2D eigenvalue weighted by Gasteiger charge is 2.40. The highest BCUT2D eigenvalue weighted by Crippen LogP contribution is 2.31. The van der Waals surface area contributed by atoms with Crippen molar-refractivity contribution in [2.24, 2.45) is 0 Å². The number of carbonyl (C=O) groups is 2. The van der Waals surface area contributed by atoms with Crippen LogP contribution in [0, 0.1) is 0 Å². The zero-order chi connectivity index (χ0) is 20.4. The third kappa shape index (κ3) is 3.98. The predicted molar refractivity (Wildman–Crippen MR) is 115 cm³/mol. The number of amides is 2. The maximum absolute atomic E-state index is 13.1. The lowest BCUT2D eigenvalue weighted by Gasteiger charge is -2.36. The molecule has 1 aliphatic carbocycles. The van der Waals surface area contributed by atoms with Gasteiger partial charge in [-0.25, -0.2) is 4.98 Å². The number of nitrogens with one attached hydrogen (secondary N) is 3. The van der Waals surface area contributed by atoms with Crippen LogP contribution in [0.15, 0.2) is 42.5 Å². The summed E-state index contributed by atoms with van der Waals surface area (Å²) >= 11 is 6.28. The topological polar surface area (TPSA) is 86.9 Å². The summed E-state index contributed by atoms with van der Waals surface area (Å²) in [6.45, 7) is 1.45. The molecule has 1 fully saturated rings. The Kier molecular flexibility index (Phi) is 5.28. The maximum Gasteiger partial charge on any atom is 0.250 e. The van der Waals surface area contributed by atoms with Gasteiger partial charge in [-0.1, -0.05) is 43.0 Å². The van der Waals surface area contributed by atoms with Gasteiger partial charge in [0, 0.05) is 18.2 Å². The van der Waals surface area contributed by atoms with Crippen molar-refractivity contribution in [3.63, 3.8) is 0 Å². The van der Waals surface area contributed by atoms with Crippen molar-refractivity contribution in [1.29, 1.82) is 0 Å². The summed E-state index contributed by atoms with van der Waals surface area (Å²) < 4.78 is 0. The number of H-pyrrole nitrogens is 1. The van der Waals surface area contributed by atoms with Gasteiger partial charge in [0.15, 0.2) is 0 Å². The monoisotopic (exact) mass is 410 g/mol. The van der Waals surface area contributed by atoms with Crippen molar-refractivity contribution >= 4 is 40.1 Å². The van der Waals surface area contributed by atoms with E-state index in [2.05, 4.69) is 20.6 Å². The molecule has 3 N–H and O–H groups in total. The predicted octanol–water partition coefficient (Wildman–Crippen LogP) is 4.66. The van der Waals surface area contributed by atoms with E-state index in [0.29, 0.717) is 29.4 Å². The molecular formula is C22H23ClN4O2. The Bertz CT molecular complexity index is 1070. The number of aromatic nitrogens is 2. The van der Waals surface area contributed by atoms with Crippen LogP contribution in [0.25, 0.3) is 22.4 Å². The van der Waals surface area contributed by atoms with Crippen molar-refractivity contribution in [2.45, 2.75) is 44.6 Å². The lowest BCUT2D eigenvalue weighted by atomic mass is 9.80. The highest BCUT2D eigenvalue weighted by atomic mass is 35.5.